The highest BCUT2D eigenvalue weighted by molar-refractivity contribution is 7.11. The van der Waals surface area contributed by atoms with Crippen molar-refractivity contribution in [3.05, 3.63) is 45.2 Å². The lowest BCUT2D eigenvalue weighted by atomic mass is 10.2. The molecule has 0 aromatic carbocycles. The highest BCUT2D eigenvalue weighted by Gasteiger charge is 2.09. The molecular formula is C14H16N4O2S. The molecule has 0 saturated heterocycles. The summed E-state index contributed by atoms with van der Waals surface area (Å²) in [5.74, 6) is -0.838. The van der Waals surface area contributed by atoms with Crippen LogP contribution in [0.3, 0.4) is 0 Å². The van der Waals surface area contributed by atoms with Gasteiger partial charge in [-0.1, -0.05) is 0 Å². The van der Waals surface area contributed by atoms with Crippen molar-refractivity contribution in [1.29, 1.82) is 0 Å². The Balaban J connectivity index is 1.89. The van der Waals surface area contributed by atoms with Gasteiger partial charge in [-0.05, 0) is 26.0 Å². The first-order chi connectivity index (χ1) is 9.97. The number of nitrogens with two attached hydrogens (primary N) is 1. The molecule has 2 heterocycles. The second kappa shape index (κ2) is 6.45. The van der Waals surface area contributed by atoms with E-state index in [0.717, 1.165) is 17.1 Å². The maximum Gasteiger partial charge on any atom is 0.269 e. The van der Waals surface area contributed by atoms with Gasteiger partial charge in [0.05, 0.1) is 16.3 Å². The highest BCUT2D eigenvalue weighted by Crippen LogP contribution is 2.17. The van der Waals surface area contributed by atoms with Gasteiger partial charge in [0.1, 0.15) is 5.69 Å². The van der Waals surface area contributed by atoms with Crippen molar-refractivity contribution in [1.82, 2.24) is 15.3 Å². The Morgan fingerprint density at radius 3 is 2.62 bits per heavy atom. The van der Waals surface area contributed by atoms with Crippen LogP contribution in [0.2, 0.25) is 0 Å². The zero-order valence-corrected chi connectivity index (χ0v) is 12.7. The molecule has 0 atom stereocenters. The number of aromatic nitrogens is 2. The van der Waals surface area contributed by atoms with E-state index in [1.807, 2.05) is 13.8 Å². The Bertz CT molecular complexity index is 664. The molecule has 0 bridgehead atoms. The minimum atomic E-state index is -0.564. The molecule has 2 aromatic heterocycles. The summed E-state index contributed by atoms with van der Waals surface area (Å²) in [7, 11) is 0. The number of primary amides is 1. The van der Waals surface area contributed by atoms with E-state index in [9.17, 15) is 9.59 Å². The largest absolute Gasteiger partial charge is 0.366 e. The third-order valence-corrected chi connectivity index (χ3v) is 4.05. The monoisotopic (exact) mass is 304 g/mol. The molecule has 110 valence electrons. The number of carbonyl (C=O) groups excluding carboxylic acids is 2. The highest BCUT2D eigenvalue weighted by atomic mass is 32.1. The first kappa shape index (κ1) is 15.1. The summed E-state index contributed by atoms with van der Waals surface area (Å²) >= 11 is 1.64. The Hall–Kier alpha value is -2.28. The molecule has 0 fully saturated rings. The number of aryl methyl sites for hydroxylation is 2. The Labute approximate surface area is 126 Å². The number of nitrogens with zero attached hydrogens (tertiary/aromatic N) is 2. The number of pyridine rings is 1. The third-order valence-electron chi connectivity index (χ3n) is 2.92. The van der Waals surface area contributed by atoms with Crippen LogP contribution in [0.15, 0.2) is 18.3 Å². The molecule has 7 heteroatoms. The van der Waals surface area contributed by atoms with Crippen LogP contribution >= 0.6 is 11.3 Å². The molecule has 0 aliphatic carbocycles. The topological polar surface area (TPSA) is 98.0 Å². The van der Waals surface area contributed by atoms with Crippen LogP contribution in [-0.2, 0) is 6.42 Å². The Morgan fingerprint density at radius 1 is 1.33 bits per heavy atom. The zero-order valence-electron chi connectivity index (χ0n) is 11.8. The number of thiazole rings is 1. The number of hydrogen-bond donors (Lipinski definition) is 2. The minimum Gasteiger partial charge on any atom is -0.366 e. The second-order valence-electron chi connectivity index (χ2n) is 4.54. The summed E-state index contributed by atoms with van der Waals surface area (Å²) in [5.41, 5.74) is 6.67. The van der Waals surface area contributed by atoms with Crippen molar-refractivity contribution in [3.63, 3.8) is 0 Å². The fourth-order valence-electron chi connectivity index (χ4n) is 1.86. The smallest absolute Gasteiger partial charge is 0.269 e. The summed E-state index contributed by atoms with van der Waals surface area (Å²) in [5, 5.41) is 3.82. The van der Waals surface area contributed by atoms with Crippen molar-refractivity contribution >= 4 is 23.2 Å². The third kappa shape index (κ3) is 3.85. The van der Waals surface area contributed by atoms with Crippen LogP contribution in [0.5, 0.6) is 0 Å². The number of hydrogen-bond acceptors (Lipinski definition) is 5. The first-order valence-electron chi connectivity index (χ1n) is 6.44. The summed E-state index contributed by atoms with van der Waals surface area (Å²) in [6.07, 6.45) is 2.04. The van der Waals surface area contributed by atoms with Crippen molar-refractivity contribution < 1.29 is 9.59 Å². The lowest BCUT2D eigenvalue weighted by molar-refractivity contribution is 0.0946. The Kier molecular flexibility index (Phi) is 4.64. The summed E-state index contributed by atoms with van der Waals surface area (Å²) in [6.45, 7) is 4.44. The molecule has 2 aromatic rings. The number of rotatable bonds is 5. The molecule has 0 spiro atoms. The van der Waals surface area contributed by atoms with Crippen LogP contribution in [-0.4, -0.2) is 28.3 Å². The quantitative estimate of drug-likeness (QED) is 0.868. The Morgan fingerprint density at radius 2 is 2.10 bits per heavy atom. The van der Waals surface area contributed by atoms with E-state index in [2.05, 4.69) is 15.3 Å². The number of carbonyl (C=O) groups is 2. The van der Waals surface area contributed by atoms with Crippen molar-refractivity contribution in [3.8, 4) is 0 Å². The van der Waals surface area contributed by atoms with Crippen LogP contribution in [0.1, 0.15) is 36.4 Å². The SMILES string of the molecule is Cc1nc(C)c(CCNC(=O)c2ccc(C(N)=O)cn2)s1. The van der Waals surface area contributed by atoms with Crippen molar-refractivity contribution in [2.24, 2.45) is 5.73 Å². The number of amides is 2. The average molecular weight is 304 g/mol. The standard InChI is InChI=1S/C14H16N4O2S/c1-8-12(21-9(2)18-8)5-6-16-14(20)11-4-3-10(7-17-11)13(15)19/h3-4,7H,5-6H2,1-2H3,(H2,15,19)(H,16,20). The molecule has 2 rings (SSSR count). The zero-order chi connectivity index (χ0) is 15.4. The molecule has 0 saturated carbocycles. The van der Waals surface area contributed by atoms with Crippen LogP contribution < -0.4 is 11.1 Å². The molecule has 21 heavy (non-hydrogen) atoms. The van der Waals surface area contributed by atoms with Gasteiger partial charge in [-0.2, -0.15) is 0 Å². The fourth-order valence-corrected chi connectivity index (χ4v) is 2.80. The maximum absolute atomic E-state index is 11.9. The summed E-state index contributed by atoms with van der Waals surface area (Å²) in [6, 6.07) is 2.97. The number of nitrogens with one attached hydrogen (secondary N) is 1. The molecule has 6 nitrogen and oxygen atoms in total. The van der Waals surface area contributed by atoms with Crippen molar-refractivity contribution in [2.75, 3.05) is 6.54 Å². The first-order valence-corrected chi connectivity index (χ1v) is 7.26. The molecule has 2 amide bonds. The maximum atomic E-state index is 11.9. The molecular weight excluding hydrogens is 288 g/mol. The average Bonchev–Trinajstić information content (AvgIpc) is 2.77. The predicted octanol–water partition coefficient (Wildman–Crippen LogP) is 1.23. The lowest BCUT2D eigenvalue weighted by Crippen LogP contribution is -2.26. The predicted molar refractivity (Wildman–Crippen MR) is 80.4 cm³/mol. The summed E-state index contributed by atoms with van der Waals surface area (Å²) in [4.78, 5) is 32.3. The van der Waals surface area contributed by atoms with Gasteiger partial charge in [-0.25, -0.2) is 4.98 Å². The molecule has 0 aliphatic rings. The fraction of sp³-hybridized carbons (Fsp3) is 0.286. The van der Waals surface area contributed by atoms with Gasteiger partial charge >= 0.3 is 0 Å². The summed E-state index contributed by atoms with van der Waals surface area (Å²) < 4.78 is 0. The van der Waals surface area contributed by atoms with Crippen LogP contribution in [0, 0.1) is 13.8 Å². The van der Waals surface area contributed by atoms with Crippen molar-refractivity contribution in [2.45, 2.75) is 20.3 Å². The molecule has 3 N–H and O–H groups in total. The van der Waals surface area contributed by atoms with E-state index >= 15 is 0 Å². The van der Waals surface area contributed by atoms with Gasteiger partial charge in [-0.3, -0.25) is 14.6 Å². The second-order valence-corrected chi connectivity index (χ2v) is 5.83. The van der Waals surface area contributed by atoms with Gasteiger partial charge in [0.2, 0.25) is 5.91 Å². The molecule has 0 unspecified atom stereocenters. The van der Waals surface area contributed by atoms with E-state index < -0.39 is 5.91 Å². The van der Waals surface area contributed by atoms with E-state index in [-0.39, 0.29) is 17.2 Å². The normalized spacial score (nSPS) is 10.4. The van der Waals surface area contributed by atoms with E-state index in [1.165, 1.54) is 23.2 Å². The lowest BCUT2D eigenvalue weighted by Gasteiger charge is -2.04. The van der Waals surface area contributed by atoms with Gasteiger partial charge in [0.25, 0.3) is 5.91 Å². The van der Waals surface area contributed by atoms with E-state index in [4.69, 9.17) is 5.73 Å². The van der Waals surface area contributed by atoms with Gasteiger partial charge in [-0.15, -0.1) is 11.3 Å². The van der Waals surface area contributed by atoms with E-state index in [0.29, 0.717) is 6.54 Å². The van der Waals surface area contributed by atoms with Gasteiger partial charge < -0.3 is 11.1 Å². The van der Waals surface area contributed by atoms with Gasteiger partial charge in [0, 0.05) is 24.0 Å². The van der Waals surface area contributed by atoms with Crippen LogP contribution in [0.4, 0.5) is 0 Å². The van der Waals surface area contributed by atoms with E-state index in [1.54, 1.807) is 11.3 Å². The minimum absolute atomic E-state index is 0.261. The van der Waals surface area contributed by atoms with Gasteiger partial charge in [0.15, 0.2) is 0 Å². The molecule has 0 aliphatic heterocycles. The molecule has 0 radical (unpaired) electrons. The van der Waals surface area contributed by atoms with Crippen LogP contribution in [0.25, 0.3) is 0 Å².